The van der Waals surface area contributed by atoms with Crippen molar-refractivity contribution in [2.45, 2.75) is 12.8 Å². The second-order valence-corrected chi connectivity index (χ2v) is 4.30. The number of aromatic nitrogens is 1. The minimum atomic E-state index is -0.826. The van der Waals surface area contributed by atoms with Gasteiger partial charge in [-0.3, -0.25) is 4.79 Å². The summed E-state index contributed by atoms with van der Waals surface area (Å²) in [7, 11) is 0. The highest BCUT2D eigenvalue weighted by atomic mass is 35.5. The van der Waals surface area contributed by atoms with Crippen molar-refractivity contribution in [3.63, 3.8) is 0 Å². The summed E-state index contributed by atoms with van der Waals surface area (Å²) in [5.74, 6) is -0.826. The number of fused-ring (bicyclic) bond motifs is 1. The molecule has 0 unspecified atom stereocenters. The molecule has 1 aromatic carbocycles. The standard InChI is InChI=1S/C11H9Cl2NO2/c12-7-2-3-8(13)11-10(7)6(5-14-11)1-4-9(15)16/h2-3,5,14H,1,4H2,(H,15,16). The van der Waals surface area contributed by atoms with Gasteiger partial charge in [-0.05, 0) is 24.1 Å². The van der Waals surface area contributed by atoms with Crippen LogP contribution in [0.1, 0.15) is 12.0 Å². The minimum absolute atomic E-state index is 0.0792. The number of nitrogens with one attached hydrogen (secondary N) is 1. The Morgan fingerprint density at radius 3 is 2.69 bits per heavy atom. The van der Waals surface area contributed by atoms with E-state index in [1.807, 2.05) is 0 Å². The van der Waals surface area contributed by atoms with Gasteiger partial charge in [0.25, 0.3) is 0 Å². The number of halogens is 2. The van der Waals surface area contributed by atoms with Crippen LogP contribution in [-0.4, -0.2) is 16.1 Å². The first kappa shape index (κ1) is 11.3. The van der Waals surface area contributed by atoms with Gasteiger partial charge in [0.05, 0.1) is 15.6 Å². The van der Waals surface area contributed by atoms with E-state index in [-0.39, 0.29) is 6.42 Å². The summed E-state index contributed by atoms with van der Waals surface area (Å²) in [6, 6.07) is 3.42. The molecule has 0 bridgehead atoms. The molecular formula is C11H9Cl2NO2. The molecule has 1 heterocycles. The van der Waals surface area contributed by atoms with Crippen molar-refractivity contribution in [1.82, 2.24) is 4.98 Å². The van der Waals surface area contributed by atoms with Gasteiger partial charge in [-0.15, -0.1) is 0 Å². The summed E-state index contributed by atoms with van der Waals surface area (Å²) < 4.78 is 0. The lowest BCUT2D eigenvalue weighted by atomic mass is 10.1. The van der Waals surface area contributed by atoms with Crippen molar-refractivity contribution in [2.75, 3.05) is 0 Å². The van der Waals surface area contributed by atoms with Gasteiger partial charge in [0.1, 0.15) is 0 Å². The number of aliphatic carboxylic acids is 1. The van der Waals surface area contributed by atoms with Crippen molar-refractivity contribution < 1.29 is 9.90 Å². The van der Waals surface area contributed by atoms with Crippen LogP contribution in [0.3, 0.4) is 0 Å². The number of rotatable bonds is 3. The maximum absolute atomic E-state index is 10.5. The Bertz CT molecular complexity index is 548. The lowest BCUT2D eigenvalue weighted by Crippen LogP contribution is -1.96. The zero-order chi connectivity index (χ0) is 11.7. The second kappa shape index (κ2) is 4.36. The van der Waals surface area contributed by atoms with Crippen LogP contribution in [0.15, 0.2) is 18.3 Å². The van der Waals surface area contributed by atoms with Gasteiger partial charge in [0.15, 0.2) is 0 Å². The molecule has 0 spiro atoms. The highest BCUT2D eigenvalue weighted by molar-refractivity contribution is 6.40. The fraction of sp³-hybridized carbons (Fsp3) is 0.182. The molecule has 0 atom stereocenters. The average Bonchev–Trinajstić information content (AvgIpc) is 2.65. The quantitative estimate of drug-likeness (QED) is 0.885. The first-order valence-electron chi connectivity index (χ1n) is 4.75. The van der Waals surface area contributed by atoms with Gasteiger partial charge in [0, 0.05) is 18.0 Å². The predicted molar refractivity (Wildman–Crippen MR) is 64.3 cm³/mol. The van der Waals surface area contributed by atoms with Crippen LogP contribution in [0.2, 0.25) is 10.0 Å². The molecule has 0 aliphatic carbocycles. The number of aromatic amines is 1. The van der Waals surface area contributed by atoms with Gasteiger partial charge in [-0.1, -0.05) is 23.2 Å². The zero-order valence-corrected chi connectivity index (χ0v) is 9.77. The molecule has 0 aliphatic rings. The average molecular weight is 258 g/mol. The summed E-state index contributed by atoms with van der Waals surface area (Å²) in [4.78, 5) is 13.5. The van der Waals surface area contributed by atoms with Gasteiger partial charge in [-0.2, -0.15) is 0 Å². The Morgan fingerprint density at radius 1 is 1.31 bits per heavy atom. The van der Waals surface area contributed by atoms with Crippen LogP contribution in [0.25, 0.3) is 10.9 Å². The van der Waals surface area contributed by atoms with E-state index >= 15 is 0 Å². The van der Waals surface area contributed by atoms with E-state index in [1.54, 1.807) is 18.3 Å². The second-order valence-electron chi connectivity index (χ2n) is 3.49. The van der Waals surface area contributed by atoms with E-state index in [4.69, 9.17) is 28.3 Å². The lowest BCUT2D eigenvalue weighted by molar-refractivity contribution is -0.136. The highest BCUT2D eigenvalue weighted by Crippen LogP contribution is 2.32. The summed E-state index contributed by atoms with van der Waals surface area (Å²) in [5, 5.41) is 10.6. The molecule has 5 heteroatoms. The van der Waals surface area contributed by atoms with Crippen molar-refractivity contribution in [1.29, 1.82) is 0 Å². The molecule has 0 radical (unpaired) electrons. The van der Waals surface area contributed by atoms with Crippen LogP contribution in [0, 0.1) is 0 Å². The van der Waals surface area contributed by atoms with E-state index in [1.165, 1.54) is 0 Å². The molecule has 0 saturated heterocycles. The van der Waals surface area contributed by atoms with E-state index in [0.717, 1.165) is 16.5 Å². The fourth-order valence-electron chi connectivity index (χ4n) is 1.68. The summed E-state index contributed by atoms with van der Waals surface area (Å²) in [5.41, 5.74) is 1.64. The third-order valence-electron chi connectivity index (χ3n) is 2.42. The van der Waals surface area contributed by atoms with Crippen LogP contribution in [-0.2, 0) is 11.2 Å². The third-order valence-corrected chi connectivity index (χ3v) is 3.05. The molecule has 0 amide bonds. The molecule has 0 saturated carbocycles. The fourth-order valence-corrected chi connectivity index (χ4v) is 2.17. The zero-order valence-electron chi connectivity index (χ0n) is 8.26. The van der Waals surface area contributed by atoms with E-state index < -0.39 is 5.97 Å². The van der Waals surface area contributed by atoms with E-state index in [2.05, 4.69) is 4.98 Å². The minimum Gasteiger partial charge on any atom is -0.481 e. The predicted octanol–water partition coefficient (Wildman–Crippen LogP) is 3.49. The molecule has 84 valence electrons. The largest absolute Gasteiger partial charge is 0.481 e. The van der Waals surface area contributed by atoms with E-state index in [9.17, 15) is 4.79 Å². The SMILES string of the molecule is O=C(O)CCc1c[nH]c2c(Cl)ccc(Cl)c12. The normalized spacial score (nSPS) is 10.9. The first-order chi connectivity index (χ1) is 7.59. The first-order valence-corrected chi connectivity index (χ1v) is 5.51. The Labute approximate surface area is 102 Å². The highest BCUT2D eigenvalue weighted by Gasteiger charge is 2.11. The van der Waals surface area contributed by atoms with Crippen molar-refractivity contribution in [3.05, 3.63) is 33.9 Å². The molecule has 2 aromatic rings. The molecule has 16 heavy (non-hydrogen) atoms. The maximum Gasteiger partial charge on any atom is 0.303 e. The number of carboxylic acids is 1. The molecule has 1 aromatic heterocycles. The number of hydrogen-bond acceptors (Lipinski definition) is 1. The molecular weight excluding hydrogens is 249 g/mol. The van der Waals surface area contributed by atoms with Crippen LogP contribution in [0.5, 0.6) is 0 Å². The number of benzene rings is 1. The topological polar surface area (TPSA) is 53.1 Å². The summed E-state index contributed by atoms with van der Waals surface area (Å²) >= 11 is 12.1. The van der Waals surface area contributed by atoms with Gasteiger partial charge in [0.2, 0.25) is 0 Å². The molecule has 0 fully saturated rings. The van der Waals surface area contributed by atoms with Gasteiger partial charge < -0.3 is 10.1 Å². The maximum atomic E-state index is 10.5. The van der Waals surface area contributed by atoms with Crippen molar-refractivity contribution in [3.8, 4) is 0 Å². The molecule has 2 rings (SSSR count). The summed E-state index contributed by atoms with van der Waals surface area (Å²) in [6.45, 7) is 0. The Kier molecular flexibility index (Phi) is 3.08. The third kappa shape index (κ3) is 2.01. The smallest absolute Gasteiger partial charge is 0.303 e. The number of aryl methyl sites for hydroxylation is 1. The Balaban J connectivity index is 2.47. The number of H-pyrrole nitrogens is 1. The molecule has 2 N–H and O–H groups in total. The van der Waals surface area contributed by atoms with E-state index in [0.29, 0.717) is 16.5 Å². The van der Waals surface area contributed by atoms with Crippen molar-refractivity contribution >= 4 is 40.1 Å². The Morgan fingerprint density at radius 2 is 2.00 bits per heavy atom. The number of carboxylic acid groups (broad SMARTS) is 1. The summed E-state index contributed by atoms with van der Waals surface area (Å²) in [6.07, 6.45) is 2.27. The van der Waals surface area contributed by atoms with Gasteiger partial charge in [-0.25, -0.2) is 0 Å². The van der Waals surface area contributed by atoms with Gasteiger partial charge >= 0.3 is 5.97 Å². The molecule has 3 nitrogen and oxygen atoms in total. The monoisotopic (exact) mass is 257 g/mol. The lowest BCUT2D eigenvalue weighted by Gasteiger charge is -2.00. The number of carbonyl (C=O) groups is 1. The van der Waals surface area contributed by atoms with Crippen LogP contribution < -0.4 is 0 Å². The van der Waals surface area contributed by atoms with Crippen LogP contribution in [0.4, 0.5) is 0 Å². The Hall–Kier alpha value is -1.19. The number of hydrogen-bond donors (Lipinski definition) is 2. The van der Waals surface area contributed by atoms with Crippen molar-refractivity contribution in [2.24, 2.45) is 0 Å². The molecule has 0 aliphatic heterocycles. The van der Waals surface area contributed by atoms with Crippen LogP contribution >= 0.6 is 23.2 Å².